The lowest BCUT2D eigenvalue weighted by Gasteiger charge is -2.55. The monoisotopic (exact) mass is 535 g/mol. The molecule has 7 heteroatoms. The number of hydrogen-bond acceptors (Lipinski definition) is 6. The van der Waals surface area contributed by atoms with Crippen LogP contribution >= 0.6 is 0 Å². The third-order valence-corrected chi connectivity index (χ3v) is 9.01. The number of hydrogen-bond donors (Lipinski definition) is 0. The van der Waals surface area contributed by atoms with E-state index in [9.17, 15) is 9.59 Å². The van der Waals surface area contributed by atoms with Gasteiger partial charge in [0.2, 0.25) is 6.79 Å². The molecular formula is C32H41NO6. The highest BCUT2D eigenvalue weighted by Crippen LogP contribution is 2.53. The van der Waals surface area contributed by atoms with Gasteiger partial charge in [-0.15, -0.1) is 0 Å². The van der Waals surface area contributed by atoms with Crippen molar-refractivity contribution in [1.29, 1.82) is 0 Å². The summed E-state index contributed by atoms with van der Waals surface area (Å²) in [6, 6.07) is 9.88. The molecule has 2 bridgehead atoms. The van der Waals surface area contributed by atoms with E-state index in [0.29, 0.717) is 24.6 Å². The van der Waals surface area contributed by atoms with Gasteiger partial charge >= 0.3 is 12.2 Å². The quantitative estimate of drug-likeness (QED) is 0.278. The van der Waals surface area contributed by atoms with Gasteiger partial charge in [0.05, 0.1) is 0 Å². The van der Waals surface area contributed by atoms with E-state index in [4.69, 9.17) is 18.9 Å². The molecule has 1 saturated heterocycles. The van der Waals surface area contributed by atoms with Crippen LogP contribution in [0.1, 0.15) is 76.2 Å². The number of carbonyl (C=O) groups is 2. The molecule has 0 radical (unpaired) electrons. The first kappa shape index (κ1) is 27.4. The Morgan fingerprint density at radius 1 is 0.974 bits per heavy atom. The molecule has 5 rings (SSSR count). The smallest absolute Gasteiger partial charge is 0.458 e. The second-order valence-electron chi connectivity index (χ2n) is 11.5. The Bertz CT molecular complexity index is 1080. The summed E-state index contributed by atoms with van der Waals surface area (Å²) in [5.41, 5.74) is 2.02. The minimum atomic E-state index is -0.670. The van der Waals surface area contributed by atoms with E-state index >= 15 is 0 Å². The van der Waals surface area contributed by atoms with Crippen LogP contribution in [0.5, 0.6) is 0 Å². The molecule has 0 spiro atoms. The SMILES string of the molecule is C=C1/C=C\C(OCOC(=O)OC2CCCC2)=C/C[C@]23CCCC[C@@H]2[C@H](C1)N(C(=O)OCc1ccccc1)CC3. The fraction of sp³-hybridized carbons (Fsp3) is 0.562. The molecule has 39 heavy (non-hydrogen) atoms. The van der Waals surface area contributed by atoms with Crippen LogP contribution in [-0.4, -0.2) is 42.6 Å². The Labute approximate surface area is 231 Å². The minimum absolute atomic E-state index is 0.0367. The van der Waals surface area contributed by atoms with Crippen LogP contribution in [0.3, 0.4) is 0 Å². The third kappa shape index (κ3) is 6.87. The van der Waals surface area contributed by atoms with E-state index in [0.717, 1.165) is 62.5 Å². The van der Waals surface area contributed by atoms with E-state index in [2.05, 4.69) is 12.7 Å². The second-order valence-corrected chi connectivity index (χ2v) is 11.5. The normalized spacial score (nSPS) is 29.4. The number of amides is 1. The van der Waals surface area contributed by atoms with Crippen LogP contribution < -0.4 is 0 Å². The first-order chi connectivity index (χ1) is 19.0. The second kappa shape index (κ2) is 12.8. The molecule has 2 saturated carbocycles. The molecule has 7 nitrogen and oxygen atoms in total. The number of rotatable bonds is 6. The van der Waals surface area contributed by atoms with E-state index < -0.39 is 6.16 Å². The predicted octanol–water partition coefficient (Wildman–Crippen LogP) is 7.43. The molecule has 1 amide bonds. The molecule has 0 unspecified atom stereocenters. The molecule has 0 N–H and O–H groups in total. The van der Waals surface area contributed by atoms with E-state index in [1.54, 1.807) is 0 Å². The van der Waals surface area contributed by atoms with Crippen molar-refractivity contribution in [2.45, 2.75) is 89.4 Å². The number of likely N-dealkylation sites (tertiary alicyclic amines) is 1. The van der Waals surface area contributed by atoms with Gasteiger partial charge < -0.3 is 23.8 Å². The minimum Gasteiger partial charge on any atom is -0.458 e. The Morgan fingerprint density at radius 3 is 2.59 bits per heavy atom. The molecule has 1 aliphatic heterocycles. The fourth-order valence-electron chi connectivity index (χ4n) is 6.94. The van der Waals surface area contributed by atoms with Crippen molar-refractivity contribution in [3.8, 4) is 0 Å². The van der Waals surface area contributed by atoms with Gasteiger partial charge in [0.25, 0.3) is 0 Å². The number of ether oxygens (including phenoxy) is 4. The molecule has 1 aromatic carbocycles. The van der Waals surface area contributed by atoms with E-state index in [1.807, 2.05) is 47.4 Å². The number of benzene rings is 1. The summed E-state index contributed by atoms with van der Waals surface area (Å²) in [5.74, 6) is 1.04. The lowest BCUT2D eigenvalue weighted by atomic mass is 9.57. The van der Waals surface area contributed by atoms with Crippen molar-refractivity contribution in [3.63, 3.8) is 0 Å². The van der Waals surface area contributed by atoms with Crippen LogP contribution in [-0.2, 0) is 25.6 Å². The number of nitrogens with zero attached hydrogens (tertiary/aromatic N) is 1. The molecule has 1 heterocycles. The van der Waals surface area contributed by atoms with Crippen molar-refractivity contribution in [1.82, 2.24) is 4.90 Å². The summed E-state index contributed by atoms with van der Waals surface area (Å²) < 4.78 is 22.2. The maximum Gasteiger partial charge on any atom is 0.511 e. The largest absolute Gasteiger partial charge is 0.511 e. The fourth-order valence-corrected chi connectivity index (χ4v) is 6.94. The molecule has 4 aliphatic rings. The first-order valence-corrected chi connectivity index (χ1v) is 14.5. The molecule has 3 aliphatic carbocycles. The summed E-state index contributed by atoms with van der Waals surface area (Å²) in [7, 11) is 0. The number of carbonyl (C=O) groups excluding carboxylic acids is 2. The average molecular weight is 536 g/mol. The molecule has 1 aromatic rings. The lowest BCUT2D eigenvalue weighted by molar-refractivity contribution is -0.0456. The molecule has 3 atom stereocenters. The van der Waals surface area contributed by atoms with Gasteiger partial charge in [-0.05, 0) is 86.8 Å². The summed E-state index contributed by atoms with van der Waals surface area (Å²) in [4.78, 5) is 27.3. The zero-order valence-corrected chi connectivity index (χ0v) is 22.9. The highest BCUT2D eigenvalue weighted by molar-refractivity contribution is 5.68. The highest BCUT2D eigenvalue weighted by atomic mass is 16.8. The summed E-state index contributed by atoms with van der Waals surface area (Å²) in [6.45, 7) is 5.07. The molecule has 210 valence electrons. The van der Waals surface area contributed by atoms with Crippen LogP contribution in [0.2, 0.25) is 0 Å². The first-order valence-electron chi connectivity index (χ1n) is 14.5. The summed E-state index contributed by atoms with van der Waals surface area (Å²) in [5, 5.41) is 0. The Kier molecular flexibility index (Phi) is 8.95. The number of allylic oxidation sites excluding steroid dienone is 3. The standard InChI is InChI=1S/C32H41NO6/c1-24-14-15-26(37-23-38-31(35)39-27-11-5-6-12-27)16-18-32-17-8-7-13-28(32)29(21-24)33(20-19-32)30(34)36-22-25-9-3-2-4-10-25/h2-4,9-10,14-16,27-29H,1,5-8,11-13,17-23H2/b15-14-,26-16+/t28-,29+,32+/m1/s1. The van der Waals surface area contributed by atoms with Gasteiger partial charge in [-0.2, -0.15) is 0 Å². The third-order valence-electron chi connectivity index (χ3n) is 9.01. The van der Waals surface area contributed by atoms with Gasteiger partial charge in [-0.3, -0.25) is 0 Å². The zero-order chi connectivity index (χ0) is 27.1. The maximum absolute atomic E-state index is 13.3. The Hall–Kier alpha value is -3.22. The van der Waals surface area contributed by atoms with Crippen molar-refractivity contribution < 1.29 is 28.5 Å². The van der Waals surface area contributed by atoms with E-state index in [-0.39, 0.29) is 37.1 Å². The lowest BCUT2D eigenvalue weighted by Crippen LogP contribution is -2.57. The van der Waals surface area contributed by atoms with Gasteiger partial charge in [-0.25, -0.2) is 9.59 Å². The van der Waals surface area contributed by atoms with Gasteiger partial charge in [0.1, 0.15) is 18.5 Å². The topological polar surface area (TPSA) is 74.3 Å². The highest BCUT2D eigenvalue weighted by Gasteiger charge is 2.50. The summed E-state index contributed by atoms with van der Waals surface area (Å²) in [6.07, 6.45) is 16.1. The molecule has 3 fully saturated rings. The maximum atomic E-state index is 13.3. The van der Waals surface area contributed by atoms with Gasteiger partial charge in [0.15, 0.2) is 0 Å². The Balaban J connectivity index is 1.24. The van der Waals surface area contributed by atoms with Crippen LogP contribution in [0.25, 0.3) is 0 Å². The molecule has 0 aromatic heterocycles. The van der Waals surface area contributed by atoms with Crippen molar-refractivity contribution >= 4 is 12.2 Å². The Morgan fingerprint density at radius 2 is 1.77 bits per heavy atom. The predicted molar refractivity (Wildman–Crippen MR) is 147 cm³/mol. The summed E-state index contributed by atoms with van der Waals surface area (Å²) >= 11 is 0. The van der Waals surface area contributed by atoms with E-state index in [1.165, 1.54) is 12.8 Å². The van der Waals surface area contributed by atoms with Crippen LogP contribution in [0, 0.1) is 11.3 Å². The molecular weight excluding hydrogens is 494 g/mol. The average Bonchev–Trinajstić information content (AvgIpc) is 3.46. The van der Waals surface area contributed by atoms with Crippen molar-refractivity contribution in [3.05, 3.63) is 72.0 Å². The van der Waals surface area contributed by atoms with Crippen molar-refractivity contribution in [2.24, 2.45) is 11.3 Å². The van der Waals surface area contributed by atoms with Crippen LogP contribution in [0.15, 0.2) is 66.5 Å². The van der Waals surface area contributed by atoms with Gasteiger partial charge in [-0.1, -0.05) is 61.4 Å². The number of piperidine rings is 1. The van der Waals surface area contributed by atoms with Crippen molar-refractivity contribution in [2.75, 3.05) is 13.3 Å². The van der Waals surface area contributed by atoms with Gasteiger partial charge in [0, 0.05) is 12.6 Å². The zero-order valence-electron chi connectivity index (χ0n) is 22.9. The van der Waals surface area contributed by atoms with Crippen LogP contribution in [0.4, 0.5) is 9.59 Å².